The van der Waals surface area contributed by atoms with Crippen molar-refractivity contribution in [2.24, 2.45) is 5.41 Å². The summed E-state index contributed by atoms with van der Waals surface area (Å²) in [5, 5.41) is 1.52. The van der Waals surface area contributed by atoms with Crippen LogP contribution in [0.2, 0.25) is 0 Å². The quantitative estimate of drug-likeness (QED) is 0.672. The van der Waals surface area contributed by atoms with Gasteiger partial charge in [-0.15, -0.1) is 0 Å². The fourth-order valence-electron chi connectivity index (χ4n) is 1.53. The van der Waals surface area contributed by atoms with Crippen LogP contribution in [0.4, 0.5) is 8.78 Å². The predicted octanol–water partition coefficient (Wildman–Crippen LogP) is 4.69. The maximum absolute atomic E-state index is 13.5. The van der Waals surface area contributed by atoms with Crippen molar-refractivity contribution in [2.45, 2.75) is 19.8 Å². The molecule has 0 atom stereocenters. The van der Waals surface area contributed by atoms with Crippen molar-refractivity contribution in [1.29, 1.82) is 0 Å². The van der Waals surface area contributed by atoms with Crippen molar-refractivity contribution >= 4 is 31.9 Å². The molecule has 0 saturated carbocycles. The molecule has 4 heteroatoms. The summed E-state index contributed by atoms with van der Waals surface area (Å²) in [6, 6.07) is 4.35. The van der Waals surface area contributed by atoms with Gasteiger partial charge in [0.2, 0.25) is 0 Å². The normalized spacial score (nSPS) is 11.8. The minimum Gasteiger partial charge on any atom is -0.204 e. The zero-order valence-electron chi connectivity index (χ0n) is 9.07. The second-order valence-electron chi connectivity index (χ2n) is 4.01. The van der Waals surface area contributed by atoms with E-state index >= 15 is 0 Å². The molecule has 0 spiro atoms. The van der Waals surface area contributed by atoms with Crippen molar-refractivity contribution in [3.63, 3.8) is 0 Å². The summed E-state index contributed by atoms with van der Waals surface area (Å²) in [5.41, 5.74) is 0.384. The molecule has 0 unspecified atom stereocenters. The fraction of sp³-hybridized carbons (Fsp3) is 0.500. The van der Waals surface area contributed by atoms with Gasteiger partial charge in [0, 0.05) is 10.7 Å². The van der Waals surface area contributed by atoms with Gasteiger partial charge in [-0.1, -0.05) is 50.9 Å². The monoisotopic (exact) mass is 354 g/mol. The van der Waals surface area contributed by atoms with Crippen LogP contribution in [0.25, 0.3) is 0 Å². The molecule has 0 aromatic heterocycles. The number of alkyl halides is 2. The predicted molar refractivity (Wildman–Crippen MR) is 70.4 cm³/mol. The lowest BCUT2D eigenvalue weighted by Gasteiger charge is -2.28. The summed E-state index contributed by atoms with van der Waals surface area (Å²) in [6.07, 6.45) is 1.43. The maximum Gasteiger partial charge on any atom is 0.162 e. The number of halogens is 4. The highest BCUT2D eigenvalue weighted by Crippen LogP contribution is 2.32. The van der Waals surface area contributed by atoms with Crippen LogP contribution in [0.3, 0.4) is 0 Å². The largest absolute Gasteiger partial charge is 0.204 e. The Hall–Kier alpha value is 0.0400. The Morgan fingerprint density at radius 1 is 1.19 bits per heavy atom. The Balaban J connectivity index is 2.98. The van der Waals surface area contributed by atoms with Gasteiger partial charge in [-0.05, 0) is 29.9 Å². The van der Waals surface area contributed by atoms with Gasteiger partial charge >= 0.3 is 0 Å². The van der Waals surface area contributed by atoms with E-state index in [0.29, 0.717) is 12.0 Å². The molecule has 0 amide bonds. The second-order valence-corrected chi connectivity index (χ2v) is 5.13. The highest BCUT2D eigenvalue weighted by atomic mass is 79.9. The van der Waals surface area contributed by atoms with E-state index in [1.165, 1.54) is 0 Å². The molecule has 1 aromatic rings. The van der Waals surface area contributed by atoms with Gasteiger partial charge in [-0.2, -0.15) is 0 Å². The summed E-state index contributed by atoms with van der Waals surface area (Å²) >= 11 is 6.90. The van der Waals surface area contributed by atoms with Gasteiger partial charge in [0.1, 0.15) is 0 Å². The van der Waals surface area contributed by atoms with Gasteiger partial charge in [-0.3, -0.25) is 0 Å². The molecule has 1 rings (SSSR count). The van der Waals surface area contributed by atoms with Crippen LogP contribution in [0.5, 0.6) is 0 Å². The highest BCUT2D eigenvalue weighted by molar-refractivity contribution is 9.09. The Morgan fingerprint density at radius 3 is 2.31 bits per heavy atom. The first-order valence-corrected chi connectivity index (χ1v) is 7.37. The van der Waals surface area contributed by atoms with Crippen molar-refractivity contribution in [3.8, 4) is 0 Å². The average Bonchev–Trinajstić information content (AvgIpc) is 2.32. The van der Waals surface area contributed by atoms with Crippen molar-refractivity contribution < 1.29 is 8.78 Å². The minimum absolute atomic E-state index is 0.0609. The number of benzene rings is 1. The molecule has 0 saturated heterocycles. The van der Waals surface area contributed by atoms with Crippen LogP contribution < -0.4 is 0 Å². The zero-order valence-corrected chi connectivity index (χ0v) is 12.2. The van der Waals surface area contributed by atoms with Crippen LogP contribution in [-0.2, 0) is 6.42 Å². The summed E-state index contributed by atoms with van der Waals surface area (Å²) in [5.74, 6) is -1.49. The van der Waals surface area contributed by atoms with E-state index in [4.69, 9.17) is 0 Å². The van der Waals surface area contributed by atoms with Crippen molar-refractivity contribution in [2.75, 3.05) is 10.7 Å². The Morgan fingerprint density at radius 2 is 1.81 bits per heavy atom. The Labute approximate surface area is 112 Å². The summed E-state index contributed by atoms with van der Waals surface area (Å²) < 4.78 is 26.6. The molecule has 1 aromatic carbocycles. The van der Waals surface area contributed by atoms with Crippen LogP contribution in [-0.4, -0.2) is 10.7 Å². The SMILES string of the molecule is CCC(CBr)(CBr)Cc1cccc(F)c1F. The summed E-state index contributed by atoms with van der Waals surface area (Å²) in [6.45, 7) is 2.06. The van der Waals surface area contributed by atoms with Crippen LogP contribution in [0.1, 0.15) is 18.9 Å². The topological polar surface area (TPSA) is 0 Å². The van der Waals surface area contributed by atoms with Gasteiger partial charge in [-0.25, -0.2) is 8.78 Å². The van der Waals surface area contributed by atoms with Gasteiger partial charge in [0.15, 0.2) is 11.6 Å². The van der Waals surface area contributed by atoms with Gasteiger partial charge in [0.25, 0.3) is 0 Å². The first-order chi connectivity index (χ1) is 7.58. The maximum atomic E-state index is 13.5. The lowest BCUT2D eigenvalue weighted by atomic mass is 9.83. The van der Waals surface area contributed by atoms with E-state index in [9.17, 15) is 8.78 Å². The van der Waals surface area contributed by atoms with E-state index in [-0.39, 0.29) is 5.41 Å². The van der Waals surface area contributed by atoms with Gasteiger partial charge in [0.05, 0.1) is 0 Å². The summed E-state index contributed by atoms with van der Waals surface area (Å²) in [4.78, 5) is 0. The summed E-state index contributed by atoms with van der Waals surface area (Å²) in [7, 11) is 0. The lowest BCUT2D eigenvalue weighted by molar-refractivity contribution is 0.363. The molecular formula is C12H14Br2F2. The van der Waals surface area contributed by atoms with E-state index in [1.807, 2.05) is 0 Å². The van der Waals surface area contributed by atoms with E-state index in [2.05, 4.69) is 38.8 Å². The lowest BCUT2D eigenvalue weighted by Crippen LogP contribution is -2.27. The molecule has 0 nitrogen and oxygen atoms in total. The smallest absolute Gasteiger partial charge is 0.162 e. The van der Waals surface area contributed by atoms with Crippen molar-refractivity contribution in [3.05, 3.63) is 35.4 Å². The Bertz CT molecular complexity index is 341. The third-order valence-corrected chi connectivity index (χ3v) is 5.29. The number of hydrogen-bond donors (Lipinski definition) is 0. The first-order valence-electron chi connectivity index (χ1n) is 5.13. The highest BCUT2D eigenvalue weighted by Gasteiger charge is 2.27. The van der Waals surface area contributed by atoms with Crippen LogP contribution in [0, 0.1) is 17.0 Å². The Kier molecular flexibility index (Phi) is 5.38. The molecular weight excluding hydrogens is 342 g/mol. The molecule has 0 heterocycles. The molecule has 0 aliphatic rings. The van der Waals surface area contributed by atoms with Gasteiger partial charge < -0.3 is 0 Å². The molecule has 90 valence electrons. The minimum atomic E-state index is -0.772. The number of rotatable bonds is 5. The molecule has 0 aliphatic carbocycles. The fourth-order valence-corrected chi connectivity index (χ4v) is 3.65. The van der Waals surface area contributed by atoms with Crippen molar-refractivity contribution in [1.82, 2.24) is 0 Å². The zero-order chi connectivity index (χ0) is 12.2. The third-order valence-electron chi connectivity index (χ3n) is 2.91. The molecule has 16 heavy (non-hydrogen) atoms. The van der Waals surface area contributed by atoms with E-state index in [1.54, 1.807) is 12.1 Å². The molecule has 0 aliphatic heterocycles. The van der Waals surface area contributed by atoms with Crippen LogP contribution >= 0.6 is 31.9 Å². The second kappa shape index (κ2) is 6.10. The standard InChI is InChI=1S/C12H14Br2F2/c1-2-12(7-13,8-14)6-9-4-3-5-10(15)11(9)16/h3-5H,2,6-8H2,1H3. The van der Waals surface area contributed by atoms with E-state index in [0.717, 1.165) is 23.1 Å². The molecule has 0 N–H and O–H groups in total. The molecule has 0 radical (unpaired) electrons. The average molecular weight is 356 g/mol. The third kappa shape index (κ3) is 3.04. The van der Waals surface area contributed by atoms with E-state index < -0.39 is 11.6 Å². The first kappa shape index (κ1) is 14.1. The molecule has 0 fully saturated rings. The molecule has 0 bridgehead atoms. The van der Waals surface area contributed by atoms with Crippen LogP contribution in [0.15, 0.2) is 18.2 Å². The number of hydrogen-bond acceptors (Lipinski definition) is 0.